The average molecular weight is 562 g/mol. The van der Waals surface area contributed by atoms with E-state index in [1.54, 1.807) is 14.2 Å². The van der Waals surface area contributed by atoms with Crippen LogP contribution < -0.4 is 24.8 Å². The number of nitrogens with one attached hydrogen (secondary N) is 3. The van der Waals surface area contributed by atoms with Crippen LogP contribution >= 0.6 is 0 Å². The molecule has 3 N–H and O–H groups in total. The quantitative estimate of drug-likeness (QED) is 0.206. The molecule has 42 heavy (non-hydrogen) atoms. The highest BCUT2D eigenvalue weighted by molar-refractivity contribution is 5.88. The van der Waals surface area contributed by atoms with Crippen molar-refractivity contribution in [2.45, 2.75) is 38.6 Å². The summed E-state index contributed by atoms with van der Waals surface area (Å²) < 4.78 is 17.2. The van der Waals surface area contributed by atoms with Crippen molar-refractivity contribution in [2.75, 3.05) is 14.2 Å². The van der Waals surface area contributed by atoms with Crippen LogP contribution in [0.2, 0.25) is 0 Å². The van der Waals surface area contributed by atoms with Gasteiger partial charge in [-0.15, -0.1) is 0 Å². The second kappa shape index (κ2) is 12.0. The Morgan fingerprint density at radius 2 is 1.60 bits per heavy atom. The SMILES string of the molecule is COc1cc(C)cc(OC)c1CNC(=O)[C@H]1Cc2c([nH]c3ccccc23)[C@H](c2ccc(OCc3ccccc3)cc2)N1. The predicted octanol–water partition coefficient (Wildman–Crippen LogP) is 5.99. The van der Waals surface area contributed by atoms with Crippen LogP contribution in [-0.4, -0.2) is 31.2 Å². The fraction of sp³-hybridized carbons (Fsp3) is 0.229. The van der Waals surface area contributed by atoms with Gasteiger partial charge in [-0.3, -0.25) is 10.1 Å². The van der Waals surface area contributed by atoms with Gasteiger partial charge in [0, 0.05) is 16.6 Å². The van der Waals surface area contributed by atoms with Crippen molar-refractivity contribution in [1.29, 1.82) is 0 Å². The van der Waals surface area contributed by atoms with Gasteiger partial charge in [-0.1, -0.05) is 60.7 Å². The molecule has 0 saturated heterocycles. The lowest BCUT2D eigenvalue weighted by Gasteiger charge is -2.31. The van der Waals surface area contributed by atoms with E-state index in [0.29, 0.717) is 31.1 Å². The Morgan fingerprint density at radius 3 is 2.31 bits per heavy atom. The van der Waals surface area contributed by atoms with Gasteiger partial charge >= 0.3 is 0 Å². The minimum absolute atomic E-state index is 0.0802. The molecule has 4 aromatic carbocycles. The number of aromatic nitrogens is 1. The van der Waals surface area contributed by atoms with Crippen molar-refractivity contribution >= 4 is 16.8 Å². The third-order valence-corrected chi connectivity index (χ3v) is 7.88. The van der Waals surface area contributed by atoms with Gasteiger partial charge in [0.05, 0.1) is 38.4 Å². The first-order chi connectivity index (χ1) is 20.5. The highest BCUT2D eigenvalue weighted by Crippen LogP contribution is 2.36. The Hall–Kier alpha value is -4.75. The molecule has 5 aromatic rings. The third kappa shape index (κ3) is 5.56. The Labute approximate surface area is 245 Å². The Balaban J connectivity index is 1.24. The maximum atomic E-state index is 13.7. The second-order valence-corrected chi connectivity index (χ2v) is 10.6. The summed E-state index contributed by atoms with van der Waals surface area (Å²) in [5.41, 5.74) is 7.31. The fourth-order valence-corrected chi connectivity index (χ4v) is 5.75. The van der Waals surface area contributed by atoms with Crippen LogP contribution in [0.1, 0.15) is 39.6 Å². The fourth-order valence-electron chi connectivity index (χ4n) is 5.75. The summed E-state index contributed by atoms with van der Waals surface area (Å²) in [4.78, 5) is 17.3. The molecule has 7 heteroatoms. The number of amides is 1. The maximum Gasteiger partial charge on any atom is 0.237 e. The Kier molecular flexibility index (Phi) is 7.84. The largest absolute Gasteiger partial charge is 0.496 e. The van der Waals surface area contributed by atoms with Gasteiger partial charge in [0.2, 0.25) is 5.91 Å². The van der Waals surface area contributed by atoms with E-state index in [1.807, 2.05) is 73.7 Å². The van der Waals surface area contributed by atoms with Crippen molar-refractivity contribution in [3.05, 3.63) is 125 Å². The number of hydrogen-bond donors (Lipinski definition) is 3. The lowest BCUT2D eigenvalue weighted by atomic mass is 9.90. The van der Waals surface area contributed by atoms with Crippen molar-refractivity contribution in [3.63, 3.8) is 0 Å². The standard InChI is InChI=1S/C35H35N3O4/c1-22-17-31(40-2)28(32(18-22)41-3)20-36-35(39)30-19-27-26-11-7-8-12-29(26)37-34(27)33(38-30)24-13-15-25(16-14-24)42-21-23-9-5-4-6-10-23/h4-18,30,33,37-38H,19-21H2,1-3H3,(H,36,39)/t30-,33+/m1/s1. The predicted molar refractivity (Wildman–Crippen MR) is 164 cm³/mol. The highest BCUT2D eigenvalue weighted by Gasteiger charge is 2.34. The summed E-state index contributed by atoms with van der Waals surface area (Å²) in [6, 6.07) is 29.8. The van der Waals surface area contributed by atoms with Gasteiger partial charge in [0.25, 0.3) is 0 Å². The summed E-state index contributed by atoms with van der Waals surface area (Å²) in [5, 5.41) is 7.89. The molecule has 2 heterocycles. The molecule has 214 valence electrons. The van der Waals surface area contributed by atoms with E-state index in [1.165, 1.54) is 0 Å². The summed E-state index contributed by atoms with van der Waals surface area (Å²) >= 11 is 0. The second-order valence-electron chi connectivity index (χ2n) is 10.6. The first-order valence-electron chi connectivity index (χ1n) is 14.2. The van der Waals surface area contributed by atoms with E-state index in [0.717, 1.165) is 50.2 Å². The number of carbonyl (C=O) groups excluding carboxylic acids is 1. The number of aromatic amines is 1. The molecule has 0 aliphatic carbocycles. The van der Waals surface area contributed by atoms with Crippen LogP contribution in [0.5, 0.6) is 17.2 Å². The van der Waals surface area contributed by atoms with Crippen LogP contribution in [0.25, 0.3) is 10.9 Å². The molecule has 0 bridgehead atoms. The third-order valence-electron chi connectivity index (χ3n) is 7.88. The number of aryl methyl sites for hydroxylation is 1. The molecule has 1 aliphatic heterocycles. The molecule has 1 aliphatic rings. The number of para-hydroxylation sites is 1. The van der Waals surface area contributed by atoms with Gasteiger partial charge in [-0.2, -0.15) is 0 Å². The van der Waals surface area contributed by atoms with Gasteiger partial charge in [0.1, 0.15) is 23.9 Å². The van der Waals surface area contributed by atoms with Crippen LogP contribution in [-0.2, 0) is 24.4 Å². The van der Waals surface area contributed by atoms with Crippen LogP contribution in [0, 0.1) is 6.92 Å². The first kappa shape index (κ1) is 27.4. The number of methoxy groups -OCH3 is 2. The first-order valence-corrected chi connectivity index (χ1v) is 14.2. The molecular weight excluding hydrogens is 526 g/mol. The lowest BCUT2D eigenvalue weighted by molar-refractivity contribution is -0.123. The number of H-pyrrole nitrogens is 1. The number of benzene rings is 4. The average Bonchev–Trinajstić information content (AvgIpc) is 3.41. The van der Waals surface area contributed by atoms with E-state index in [-0.39, 0.29) is 11.9 Å². The minimum atomic E-state index is -0.432. The molecule has 1 amide bonds. The zero-order valence-corrected chi connectivity index (χ0v) is 24.1. The molecule has 6 rings (SSSR count). The molecule has 0 unspecified atom stereocenters. The monoisotopic (exact) mass is 561 g/mol. The van der Waals surface area contributed by atoms with E-state index in [9.17, 15) is 4.79 Å². The molecule has 1 aromatic heterocycles. The molecule has 0 fully saturated rings. The van der Waals surface area contributed by atoms with Crippen molar-refractivity contribution in [2.24, 2.45) is 0 Å². The zero-order chi connectivity index (χ0) is 29.1. The number of carbonyl (C=O) groups is 1. The molecule has 0 radical (unpaired) electrons. The van der Waals surface area contributed by atoms with E-state index in [4.69, 9.17) is 14.2 Å². The van der Waals surface area contributed by atoms with Gasteiger partial charge in [0.15, 0.2) is 0 Å². The minimum Gasteiger partial charge on any atom is -0.496 e. The maximum absolute atomic E-state index is 13.7. The van der Waals surface area contributed by atoms with Gasteiger partial charge in [-0.05, 0) is 65.9 Å². The molecule has 7 nitrogen and oxygen atoms in total. The summed E-state index contributed by atoms with van der Waals surface area (Å²) in [5.74, 6) is 2.10. The highest BCUT2D eigenvalue weighted by atomic mass is 16.5. The number of fused-ring (bicyclic) bond motifs is 3. The number of ether oxygens (including phenoxy) is 3. The van der Waals surface area contributed by atoms with E-state index < -0.39 is 6.04 Å². The van der Waals surface area contributed by atoms with Crippen molar-refractivity contribution in [1.82, 2.24) is 15.6 Å². The Bertz CT molecular complexity index is 1670. The smallest absolute Gasteiger partial charge is 0.237 e. The number of rotatable bonds is 9. The van der Waals surface area contributed by atoms with Crippen LogP contribution in [0.15, 0.2) is 91.0 Å². The Morgan fingerprint density at radius 1 is 0.905 bits per heavy atom. The van der Waals surface area contributed by atoms with Crippen LogP contribution in [0.3, 0.4) is 0 Å². The van der Waals surface area contributed by atoms with Crippen molar-refractivity contribution < 1.29 is 19.0 Å². The van der Waals surface area contributed by atoms with E-state index in [2.05, 4.69) is 39.9 Å². The topological polar surface area (TPSA) is 84.6 Å². The van der Waals surface area contributed by atoms with Gasteiger partial charge in [-0.25, -0.2) is 0 Å². The van der Waals surface area contributed by atoms with Gasteiger partial charge < -0.3 is 24.5 Å². The molecular formula is C35H35N3O4. The normalized spacial score (nSPS) is 16.1. The molecule has 0 spiro atoms. The van der Waals surface area contributed by atoms with E-state index >= 15 is 0 Å². The molecule has 2 atom stereocenters. The van der Waals surface area contributed by atoms with Crippen LogP contribution in [0.4, 0.5) is 0 Å². The summed E-state index contributed by atoms with van der Waals surface area (Å²) in [6.45, 7) is 2.79. The summed E-state index contributed by atoms with van der Waals surface area (Å²) in [6.07, 6.45) is 0.572. The molecule has 0 saturated carbocycles. The zero-order valence-electron chi connectivity index (χ0n) is 24.1. The summed E-state index contributed by atoms with van der Waals surface area (Å²) in [7, 11) is 3.26. The lowest BCUT2D eigenvalue weighted by Crippen LogP contribution is -2.49. The number of hydrogen-bond acceptors (Lipinski definition) is 5. The van der Waals surface area contributed by atoms with Crippen molar-refractivity contribution in [3.8, 4) is 17.2 Å².